The van der Waals surface area contributed by atoms with Crippen LogP contribution in [0.1, 0.15) is 19.1 Å². The summed E-state index contributed by atoms with van der Waals surface area (Å²) in [4.78, 5) is 71.7. The molecule has 5 heterocycles. The third-order valence-electron chi connectivity index (χ3n) is 7.49. The molecule has 0 spiro atoms. The van der Waals surface area contributed by atoms with Gasteiger partial charge in [0.25, 0.3) is 15.6 Å². The number of rotatable bonds is 13. The average Bonchev–Trinajstić information content (AvgIpc) is 3.64. The summed E-state index contributed by atoms with van der Waals surface area (Å²) in [5.41, 5.74) is 11.0. The molecular formula is C21H28N7O18P3-4. The molecule has 1 amide bonds. The lowest BCUT2D eigenvalue weighted by atomic mass is 10.0. The number of aliphatic hydroxyl groups is 4. The Morgan fingerprint density at radius 1 is 0.939 bits per heavy atom. The van der Waals surface area contributed by atoms with Gasteiger partial charge in [-0.15, -0.1) is 0 Å². The lowest BCUT2D eigenvalue weighted by Crippen LogP contribution is -2.48. The minimum Gasteiger partial charge on any atom is -0.790 e. The van der Waals surface area contributed by atoms with Gasteiger partial charge in [0.1, 0.15) is 54.7 Å². The molecule has 2 aromatic rings. The number of carbonyl (C=O) groups is 1. The average molecular weight is 759 g/mol. The van der Waals surface area contributed by atoms with E-state index in [0.29, 0.717) is 0 Å². The molecular weight excluding hydrogens is 731 g/mol. The van der Waals surface area contributed by atoms with Crippen LogP contribution in [0, 0.1) is 0 Å². The summed E-state index contributed by atoms with van der Waals surface area (Å²) >= 11 is 0. The van der Waals surface area contributed by atoms with E-state index >= 15 is 0 Å². The standard InChI is InChI=1S/C21H32N7O18P3/c22-17-12-19(25-6-24-17)28(7-26-12)21-16(45-47(34,35)36)14(31)10(44-21)5-42-49(39,40)46-48(37,38)41-4-9-13(30)15(32)20(43-9)27-3-8(18(23)33)1-2-11(27)29/h3,6-7,9-11,13-16,20-21,29-32H,1-2,4-5H2,(H2,23,33)(H,37,38)(H,39,40)(H2,22,24,25)(H2,34,35,36)/p-4/t9-,10-,11+,13-,14-,15-,16-,20-,21-/m1/s1. The number of ether oxygens (including phenoxy) is 2. The Labute approximate surface area is 274 Å². The van der Waals surface area contributed by atoms with Crippen LogP contribution in [0.25, 0.3) is 11.2 Å². The summed E-state index contributed by atoms with van der Waals surface area (Å²) < 4.78 is 65.5. The number of primary amides is 1. The lowest BCUT2D eigenvalue weighted by Gasteiger charge is -2.36. The number of nitrogens with two attached hydrogens (primary N) is 2. The Kier molecular flexibility index (Phi) is 11.0. The molecule has 8 N–H and O–H groups in total. The Morgan fingerprint density at radius 3 is 2.16 bits per heavy atom. The van der Waals surface area contributed by atoms with Crippen LogP contribution in [-0.2, 0) is 45.8 Å². The van der Waals surface area contributed by atoms with Crippen molar-refractivity contribution < 1.29 is 85.8 Å². The highest BCUT2D eigenvalue weighted by Gasteiger charge is 2.49. The van der Waals surface area contributed by atoms with Gasteiger partial charge in [0.2, 0.25) is 5.91 Å². The van der Waals surface area contributed by atoms with Crippen LogP contribution in [0.3, 0.4) is 0 Å². The van der Waals surface area contributed by atoms with Crippen molar-refractivity contribution in [2.24, 2.45) is 5.73 Å². The molecule has 0 aliphatic carbocycles. The molecule has 0 radical (unpaired) electrons. The first-order valence-corrected chi connectivity index (χ1v) is 18.2. The van der Waals surface area contributed by atoms with E-state index in [0.717, 1.165) is 28.3 Å². The third-order valence-corrected chi connectivity index (χ3v) is 10.5. The van der Waals surface area contributed by atoms with Crippen molar-refractivity contribution in [3.8, 4) is 0 Å². The predicted molar refractivity (Wildman–Crippen MR) is 145 cm³/mol. The SMILES string of the molecule is NC(=O)C1=CN([C@@H]2O[C@H](COP(=O)([O-])OP(=O)([O-])OC[C@H]3O[C@@H](n4cnc5c(N)ncnc54)[C@H](OP(=O)([O-])[O-])[C@@H]3O)[C@@H](O)[C@H]2O)[C@@H](O)CC1. The molecule has 0 bridgehead atoms. The van der Waals surface area contributed by atoms with Crippen molar-refractivity contribution in [2.45, 2.75) is 68.1 Å². The lowest BCUT2D eigenvalue weighted by molar-refractivity contribution is -0.347. The quantitative estimate of drug-likeness (QED) is 0.104. The zero-order chi connectivity index (χ0) is 36.1. The number of phosphoric ester groups is 3. The number of fused-ring (bicyclic) bond motifs is 1. The molecule has 25 nitrogen and oxygen atoms in total. The van der Waals surface area contributed by atoms with Crippen molar-refractivity contribution in [3.05, 3.63) is 24.4 Å². The van der Waals surface area contributed by atoms with Crippen molar-refractivity contribution in [2.75, 3.05) is 18.9 Å². The Morgan fingerprint density at radius 2 is 1.55 bits per heavy atom. The molecule has 5 rings (SSSR count). The van der Waals surface area contributed by atoms with Gasteiger partial charge in [0, 0.05) is 11.8 Å². The molecule has 0 aromatic carbocycles. The van der Waals surface area contributed by atoms with Crippen molar-refractivity contribution in [1.29, 1.82) is 0 Å². The highest BCUT2D eigenvalue weighted by molar-refractivity contribution is 7.59. The van der Waals surface area contributed by atoms with E-state index in [-0.39, 0.29) is 35.4 Å². The molecule has 2 saturated heterocycles. The number of aliphatic hydroxyl groups excluding tert-OH is 4. The number of hydrogen-bond acceptors (Lipinski definition) is 23. The minimum absolute atomic E-state index is 0.000863. The molecule has 3 aliphatic rings. The second-order valence-corrected chi connectivity index (χ2v) is 14.8. The minimum atomic E-state index is -5.89. The molecule has 28 heteroatoms. The second kappa shape index (κ2) is 14.3. The number of aromatic nitrogens is 4. The summed E-state index contributed by atoms with van der Waals surface area (Å²) in [6, 6.07) is 0. The van der Waals surface area contributed by atoms with E-state index in [1.165, 1.54) is 0 Å². The smallest absolute Gasteiger partial charge is 0.274 e. The summed E-state index contributed by atoms with van der Waals surface area (Å²) in [7, 11) is -17.5. The molecule has 3 aliphatic heterocycles. The number of phosphoric acid groups is 3. The van der Waals surface area contributed by atoms with E-state index in [1.807, 2.05) is 0 Å². The fraction of sp³-hybridized carbons (Fsp3) is 0.619. The van der Waals surface area contributed by atoms with Gasteiger partial charge in [0.15, 0.2) is 23.9 Å². The topological polar surface area (TPSA) is 396 Å². The zero-order valence-electron chi connectivity index (χ0n) is 24.5. The number of imidazole rings is 1. The normalized spacial score (nSPS) is 33.3. The van der Waals surface area contributed by atoms with Gasteiger partial charge < -0.3 is 84.0 Å². The van der Waals surface area contributed by atoms with E-state index < -0.39 is 97.9 Å². The van der Waals surface area contributed by atoms with Crippen molar-refractivity contribution in [1.82, 2.24) is 24.4 Å². The summed E-state index contributed by atoms with van der Waals surface area (Å²) in [5.74, 6) is -0.919. The number of nitrogens with zero attached hydrogens (tertiary/aromatic N) is 5. The maximum absolute atomic E-state index is 12.4. The van der Waals surface area contributed by atoms with Gasteiger partial charge in [-0.05, 0) is 12.8 Å². The van der Waals surface area contributed by atoms with Crippen LogP contribution in [0.5, 0.6) is 0 Å². The molecule has 0 saturated carbocycles. The number of hydrogen-bond donors (Lipinski definition) is 6. The first-order chi connectivity index (χ1) is 22.8. The van der Waals surface area contributed by atoms with E-state index in [4.69, 9.17) is 20.9 Å². The van der Waals surface area contributed by atoms with E-state index in [1.54, 1.807) is 0 Å². The number of carbonyl (C=O) groups excluding carboxylic acids is 1. The first-order valence-electron chi connectivity index (χ1n) is 13.8. The van der Waals surface area contributed by atoms with Crippen molar-refractivity contribution in [3.63, 3.8) is 0 Å². The van der Waals surface area contributed by atoms with Gasteiger partial charge in [-0.3, -0.25) is 18.5 Å². The Balaban J connectivity index is 1.20. The molecule has 49 heavy (non-hydrogen) atoms. The van der Waals surface area contributed by atoms with Gasteiger partial charge in [-0.1, -0.05) is 0 Å². The van der Waals surface area contributed by atoms with Crippen LogP contribution >= 0.6 is 23.5 Å². The molecule has 11 atom stereocenters. The highest BCUT2D eigenvalue weighted by atomic mass is 31.3. The predicted octanol–water partition coefficient (Wildman–Crippen LogP) is -5.90. The summed E-state index contributed by atoms with van der Waals surface area (Å²) in [6.07, 6.45) is -12.4. The van der Waals surface area contributed by atoms with Crippen LogP contribution in [0.4, 0.5) is 5.82 Å². The zero-order valence-corrected chi connectivity index (χ0v) is 27.2. The van der Waals surface area contributed by atoms with Crippen LogP contribution in [-0.4, -0.2) is 113 Å². The third kappa shape index (κ3) is 8.52. The largest absolute Gasteiger partial charge is 0.790 e. The number of anilines is 1. The fourth-order valence-corrected chi connectivity index (χ4v) is 7.75. The van der Waals surface area contributed by atoms with Crippen LogP contribution in [0.15, 0.2) is 24.4 Å². The Hall–Kier alpha value is -2.51. The highest BCUT2D eigenvalue weighted by Crippen LogP contribution is 2.56. The number of amides is 1. The second-order valence-electron chi connectivity index (χ2n) is 10.8. The van der Waals surface area contributed by atoms with Crippen LogP contribution < -0.4 is 31.0 Å². The van der Waals surface area contributed by atoms with E-state index in [9.17, 15) is 58.5 Å². The number of nitrogen functional groups attached to an aromatic ring is 1. The van der Waals surface area contributed by atoms with Gasteiger partial charge in [-0.2, -0.15) is 0 Å². The molecule has 2 unspecified atom stereocenters. The Bertz CT molecular complexity index is 1720. The maximum atomic E-state index is 12.4. The summed E-state index contributed by atoms with van der Waals surface area (Å²) in [6.45, 7) is -2.34. The van der Waals surface area contributed by atoms with Gasteiger partial charge in [-0.25, -0.2) is 19.3 Å². The molecule has 2 aromatic heterocycles. The molecule has 274 valence electrons. The fourth-order valence-electron chi connectivity index (χ4n) is 5.21. The van der Waals surface area contributed by atoms with Crippen LogP contribution in [0.2, 0.25) is 0 Å². The maximum Gasteiger partial charge on any atom is 0.274 e. The molecule has 2 fully saturated rings. The summed E-state index contributed by atoms with van der Waals surface area (Å²) in [5, 5.41) is 41.7. The van der Waals surface area contributed by atoms with E-state index in [2.05, 4.69) is 32.8 Å². The van der Waals surface area contributed by atoms with Crippen molar-refractivity contribution >= 4 is 46.4 Å². The van der Waals surface area contributed by atoms with Gasteiger partial charge >= 0.3 is 0 Å². The van der Waals surface area contributed by atoms with Gasteiger partial charge in [0.05, 0.1) is 27.4 Å². The monoisotopic (exact) mass is 759 g/mol. The first kappa shape index (κ1) is 37.7.